The van der Waals surface area contributed by atoms with Crippen molar-refractivity contribution in [1.29, 1.82) is 0 Å². The summed E-state index contributed by atoms with van der Waals surface area (Å²) < 4.78 is 8.68. The average Bonchev–Trinajstić information content (AvgIpc) is 2.82. The van der Waals surface area contributed by atoms with Crippen LogP contribution in [0.25, 0.3) is 0 Å². The Labute approximate surface area is 214 Å². The molecule has 3 saturated carbocycles. The van der Waals surface area contributed by atoms with Crippen LogP contribution in [0.15, 0.2) is 24.3 Å². The summed E-state index contributed by atoms with van der Waals surface area (Å²) in [5.41, 5.74) is 1.72. The van der Waals surface area contributed by atoms with E-state index >= 15 is 0 Å². The van der Waals surface area contributed by atoms with Gasteiger partial charge >= 0.3 is 215 Å². The van der Waals surface area contributed by atoms with E-state index in [1.54, 1.807) is 0 Å². The summed E-state index contributed by atoms with van der Waals surface area (Å²) in [7, 11) is 16.0. The molecule has 0 amide bonds. The first-order valence-electron chi connectivity index (χ1n) is 13.7. The van der Waals surface area contributed by atoms with Gasteiger partial charge in [0.15, 0.2) is 0 Å². The van der Waals surface area contributed by atoms with Crippen LogP contribution in [0.2, 0.25) is 0 Å². The molecule has 1 aromatic carbocycles. The molecule has 194 valence electrons. The summed E-state index contributed by atoms with van der Waals surface area (Å²) in [5.74, 6) is 0.970. The van der Waals surface area contributed by atoms with E-state index in [1.807, 2.05) is 0 Å². The van der Waals surface area contributed by atoms with E-state index in [-0.39, 0.29) is 6.10 Å². The van der Waals surface area contributed by atoms with Crippen molar-refractivity contribution in [3.63, 3.8) is 0 Å². The Kier molecular flexibility index (Phi) is 9.81. The fraction of sp³-hybridized carbons (Fsp3) is 0.750. The van der Waals surface area contributed by atoms with E-state index in [0.717, 1.165) is 22.7 Å². The van der Waals surface area contributed by atoms with Crippen LogP contribution < -0.4 is 4.74 Å². The van der Waals surface area contributed by atoms with Crippen LogP contribution >= 0.6 is 25.0 Å². The van der Waals surface area contributed by atoms with Gasteiger partial charge in [-0.1, -0.05) is 0 Å². The molecule has 3 aliphatic carbocycles. The first kappa shape index (κ1) is 26.6. The number of hydrogen-bond acceptors (Lipinski definition) is 1. The maximum atomic E-state index is 7.99. The first-order valence-corrected chi connectivity index (χ1v) is 23.8. The molecule has 5 heteroatoms. The van der Waals surface area contributed by atoms with Crippen molar-refractivity contribution >= 4 is 29.6 Å². The molecule has 0 unspecified atom stereocenters. The fourth-order valence-corrected chi connectivity index (χ4v) is 43.2. The van der Waals surface area contributed by atoms with Gasteiger partial charge in [-0.25, -0.2) is 0 Å². The third kappa shape index (κ3) is 5.92. The standard InChI is InChI=1S/C18H33P.C10H12O.2ClH.Ru/c1-4-10-16(11-5-1)19(17-12-6-2-7-13-17)18-14-8-3-9-15-18;1-8(2)11-10-7-5-4-6-9(10)3;;;/h16-18H,1-15H2;3-8H,1-2H3;2*1H;/q;;;;-2/p-1. The van der Waals surface area contributed by atoms with E-state index in [0.29, 0.717) is 0 Å². The Morgan fingerprint density at radius 2 is 1.18 bits per heavy atom. The predicted octanol–water partition coefficient (Wildman–Crippen LogP) is 9.75. The molecule has 1 aromatic rings. The fourth-order valence-electron chi connectivity index (χ4n) is 7.34. The summed E-state index contributed by atoms with van der Waals surface area (Å²) in [5, 5.41) is 0. The SMILES string of the molecule is CC(C)Oc1ccccc1[CH]=[Ru-3]([Cl])([Cl])[PH](C1CCCCC1)(C1CCCCC1)C1CCCCC1. The molecule has 0 saturated heterocycles. The molecule has 0 aliphatic heterocycles. The summed E-state index contributed by atoms with van der Waals surface area (Å²) in [4.78, 5) is 0. The van der Waals surface area contributed by atoms with Crippen LogP contribution in [0.3, 0.4) is 0 Å². The van der Waals surface area contributed by atoms with Gasteiger partial charge in [0.25, 0.3) is 0 Å². The normalized spacial score (nSPS) is 23.4. The quantitative estimate of drug-likeness (QED) is 0.223. The van der Waals surface area contributed by atoms with Crippen molar-refractivity contribution < 1.29 is 16.6 Å². The number of para-hydroxylation sites is 1. The topological polar surface area (TPSA) is 9.23 Å². The van der Waals surface area contributed by atoms with E-state index < -0.39 is 17.5 Å². The Balaban J connectivity index is 1.87. The van der Waals surface area contributed by atoms with Crippen molar-refractivity contribution in [3.8, 4) is 5.75 Å². The molecule has 0 atom stereocenters. The summed E-state index contributed by atoms with van der Waals surface area (Å²) in [6, 6.07) is 8.53. The van der Waals surface area contributed by atoms with E-state index in [4.69, 9.17) is 24.1 Å². The van der Waals surface area contributed by atoms with Crippen LogP contribution in [0, 0.1) is 0 Å². The Morgan fingerprint density at radius 1 is 0.758 bits per heavy atom. The second kappa shape index (κ2) is 12.2. The third-order valence-corrected chi connectivity index (χ3v) is 38.1. The monoisotopic (exact) mass is 601 g/mol. The summed E-state index contributed by atoms with van der Waals surface area (Å²) in [6.45, 7) is 4.22. The zero-order chi connectivity index (χ0) is 23.3. The van der Waals surface area contributed by atoms with E-state index in [1.165, 1.54) is 102 Å². The van der Waals surface area contributed by atoms with Crippen LogP contribution in [-0.4, -0.2) is 27.7 Å². The van der Waals surface area contributed by atoms with Crippen LogP contribution in [-0.2, 0) is 11.9 Å². The van der Waals surface area contributed by atoms with Crippen LogP contribution in [0.4, 0.5) is 0 Å². The second-order valence-electron chi connectivity index (χ2n) is 11.1. The third-order valence-electron chi connectivity index (χ3n) is 8.59. The summed E-state index contributed by atoms with van der Waals surface area (Å²) >= 11 is -3.12. The minimum atomic E-state index is -3.12. The van der Waals surface area contributed by atoms with Crippen molar-refractivity contribution in [2.45, 2.75) is 133 Å². The number of hydrogen-bond donors (Lipinski definition) is 0. The van der Waals surface area contributed by atoms with Gasteiger partial charge in [-0.3, -0.25) is 0 Å². The van der Waals surface area contributed by atoms with Gasteiger partial charge in [0.05, 0.1) is 0 Å². The van der Waals surface area contributed by atoms with Gasteiger partial charge in [0.1, 0.15) is 0 Å². The van der Waals surface area contributed by atoms with Crippen molar-refractivity contribution in [1.82, 2.24) is 0 Å². The molecule has 0 heterocycles. The molecular weight excluding hydrogens is 555 g/mol. The Bertz CT molecular complexity index is 756. The van der Waals surface area contributed by atoms with Crippen LogP contribution in [0.1, 0.15) is 116 Å². The van der Waals surface area contributed by atoms with Crippen molar-refractivity contribution in [2.24, 2.45) is 0 Å². The molecule has 33 heavy (non-hydrogen) atoms. The minimum absolute atomic E-state index is 0.155. The van der Waals surface area contributed by atoms with E-state index in [2.05, 4.69) is 42.7 Å². The molecule has 0 N–H and O–H groups in total. The molecule has 0 radical (unpaired) electrons. The molecular formula is C28H46Cl2OPRu-3. The first-order chi connectivity index (χ1) is 15.9. The number of benzene rings is 1. The number of halogens is 2. The van der Waals surface area contributed by atoms with E-state index in [9.17, 15) is 0 Å². The van der Waals surface area contributed by atoms with Gasteiger partial charge in [0, 0.05) is 0 Å². The average molecular weight is 602 g/mol. The Hall–Kier alpha value is 0.523. The molecule has 0 aromatic heterocycles. The zero-order valence-corrected chi connectivity index (χ0v) is 25.1. The van der Waals surface area contributed by atoms with Gasteiger partial charge in [-0.15, -0.1) is 0 Å². The molecule has 4 rings (SSSR count). The van der Waals surface area contributed by atoms with Crippen molar-refractivity contribution in [3.05, 3.63) is 29.8 Å². The number of rotatable bonds is 7. The summed E-state index contributed by atoms with van der Waals surface area (Å²) in [6.07, 6.45) is 21.2. The molecule has 3 aliphatic rings. The zero-order valence-electron chi connectivity index (χ0n) is 20.8. The van der Waals surface area contributed by atoms with Gasteiger partial charge in [-0.2, -0.15) is 0 Å². The van der Waals surface area contributed by atoms with Crippen LogP contribution in [0.5, 0.6) is 5.75 Å². The van der Waals surface area contributed by atoms with Gasteiger partial charge < -0.3 is 0 Å². The second-order valence-corrected chi connectivity index (χ2v) is 34.1. The molecule has 3 fully saturated rings. The Morgan fingerprint density at radius 3 is 1.61 bits per heavy atom. The maximum absolute atomic E-state index is 7.99. The van der Waals surface area contributed by atoms with Gasteiger partial charge in [-0.05, 0) is 0 Å². The van der Waals surface area contributed by atoms with Crippen molar-refractivity contribution in [2.75, 3.05) is 0 Å². The number of ether oxygens (including phenoxy) is 1. The molecule has 0 bridgehead atoms. The molecule has 1 nitrogen and oxygen atoms in total. The van der Waals surface area contributed by atoms with Gasteiger partial charge in [0.2, 0.25) is 0 Å². The predicted molar refractivity (Wildman–Crippen MR) is 148 cm³/mol. The molecule has 0 spiro atoms.